The van der Waals surface area contributed by atoms with E-state index in [1.54, 1.807) is 0 Å². The van der Waals surface area contributed by atoms with Gasteiger partial charge in [-0.05, 0) is 53.2 Å². The quantitative estimate of drug-likeness (QED) is 0.172. The van der Waals surface area contributed by atoms with Crippen molar-refractivity contribution >= 4 is 104 Å². The van der Waals surface area contributed by atoms with Crippen molar-refractivity contribution in [3.63, 3.8) is 0 Å². The van der Waals surface area contributed by atoms with E-state index < -0.39 is 0 Å². The molecule has 0 spiro atoms. The number of furan rings is 1. The molecule has 8 aromatic carbocycles. The van der Waals surface area contributed by atoms with Crippen LogP contribution in [-0.2, 0) is 0 Å². The molecule has 0 saturated heterocycles. The summed E-state index contributed by atoms with van der Waals surface area (Å²) in [5, 5.41) is 11.8. The third-order valence-electron chi connectivity index (χ3n) is 11.4. The smallest absolute Gasteiger partial charge is 0.165 e. The second kappa shape index (κ2) is 9.75. The summed E-state index contributed by atoms with van der Waals surface area (Å²) in [5.41, 5.74) is 11.2. The van der Waals surface area contributed by atoms with Crippen LogP contribution in [0, 0.1) is 0 Å². The van der Waals surface area contributed by atoms with Gasteiger partial charge in [0.25, 0.3) is 0 Å². The topological polar surface area (TPSA) is 48.3 Å². The normalized spacial score (nSPS) is 12.5. The summed E-state index contributed by atoms with van der Waals surface area (Å²) in [6.07, 6.45) is 0. The van der Waals surface area contributed by atoms with E-state index >= 15 is 0 Å². The van der Waals surface area contributed by atoms with Crippen molar-refractivity contribution in [3.05, 3.63) is 158 Å². The largest absolute Gasteiger partial charge is 0.456 e. The predicted octanol–water partition coefficient (Wildman–Crippen LogP) is 12.6. The predicted molar refractivity (Wildman–Crippen MR) is 219 cm³/mol. The molecule has 0 amide bonds. The highest BCUT2D eigenvalue weighted by molar-refractivity contribution is 6.34. The van der Waals surface area contributed by atoms with Gasteiger partial charge < -0.3 is 8.82 Å². The van der Waals surface area contributed by atoms with Crippen LogP contribution in [0.4, 0.5) is 0 Å². The van der Waals surface area contributed by atoms with Crippen molar-refractivity contribution < 1.29 is 4.42 Å². The van der Waals surface area contributed by atoms with Gasteiger partial charge in [0.1, 0.15) is 16.9 Å². The van der Waals surface area contributed by atoms with Gasteiger partial charge in [0.2, 0.25) is 0 Å². The van der Waals surface area contributed by atoms with Crippen LogP contribution in [0.1, 0.15) is 0 Å². The van der Waals surface area contributed by atoms with Crippen LogP contribution >= 0.6 is 0 Å². The number of hydrogen-bond acceptors (Lipinski definition) is 3. The summed E-state index contributed by atoms with van der Waals surface area (Å²) >= 11 is 0. The van der Waals surface area contributed by atoms with Crippen molar-refractivity contribution in [2.45, 2.75) is 0 Å². The lowest BCUT2D eigenvalue weighted by molar-refractivity contribution is 0.669. The Labute approximate surface area is 300 Å². The Morgan fingerprint density at radius 2 is 1.09 bits per heavy atom. The minimum atomic E-state index is 0.817. The fourth-order valence-electron chi connectivity index (χ4n) is 9.29. The Hall–Kier alpha value is -7.24. The number of hydrogen-bond donors (Lipinski definition) is 0. The van der Waals surface area contributed by atoms with Crippen LogP contribution < -0.4 is 0 Å². The number of rotatable bonds is 2. The van der Waals surface area contributed by atoms with E-state index in [2.05, 4.69) is 161 Å². The first-order chi connectivity index (χ1) is 26.3. The lowest BCUT2D eigenvalue weighted by atomic mass is 10.0. The summed E-state index contributed by atoms with van der Waals surface area (Å²) < 4.78 is 11.3. The van der Waals surface area contributed by atoms with E-state index in [0.29, 0.717) is 0 Å². The van der Waals surface area contributed by atoms with Gasteiger partial charge in [0, 0.05) is 48.7 Å². The zero-order valence-electron chi connectivity index (χ0n) is 28.2. The monoisotopic (exact) mass is 674 g/mol. The standard InChI is InChI=1S/C48H26N4O/c1-2-12-28(13-3-1)45-48(50-46-29-14-5-4-11-27(29)23-24-34(46)49-45)52-35-19-9-16-30-31-17-8-18-33-42-38(25-26-40-43(42)32-15-6-7-22-39(32)53-40)51(47(31)33)36-20-10-21-37(52)44(36)41(30)35/h1-26H. The fraction of sp³-hybridized carbons (Fsp3) is 0. The summed E-state index contributed by atoms with van der Waals surface area (Å²) in [5.74, 6) is 0.817. The zero-order valence-corrected chi connectivity index (χ0v) is 28.2. The van der Waals surface area contributed by atoms with Crippen LogP contribution in [0.2, 0.25) is 0 Å². The maximum absolute atomic E-state index is 6.42. The highest BCUT2D eigenvalue weighted by Crippen LogP contribution is 2.47. The molecular weight excluding hydrogens is 649 g/mol. The molecule has 244 valence electrons. The molecule has 53 heavy (non-hydrogen) atoms. The number of benzene rings is 8. The second-order valence-electron chi connectivity index (χ2n) is 14.1. The maximum Gasteiger partial charge on any atom is 0.165 e. The van der Waals surface area contributed by atoms with Gasteiger partial charge in [-0.1, -0.05) is 115 Å². The molecule has 0 radical (unpaired) electrons. The lowest BCUT2D eigenvalue weighted by Gasteiger charge is -2.15. The molecular formula is C48H26N4O. The molecule has 13 aromatic rings. The highest BCUT2D eigenvalue weighted by Gasteiger charge is 2.25. The molecule has 5 nitrogen and oxygen atoms in total. The molecule has 13 rings (SSSR count). The second-order valence-corrected chi connectivity index (χ2v) is 14.1. The van der Waals surface area contributed by atoms with Crippen LogP contribution in [0.5, 0.6) is 0 Å². The number of para-hydroxylation sites is 2. The summed E-state index contributed by atoms with van der Waals surface area (Å²) in [4.78, 5) is 11.0. The molecule has 0 aliphatic rings. The van der Waals surface area contributed by atoms with Gasteiger partial charge in [-0.15, -0.1) is 0 Å². The molecule has 0 aliphatic heterocycles. The fourth-order valence-corrected chi connectivity index (χ4v) is 9.29. The van der Waals surface area contributed by atoms with Crippen molar-refractivity contribution in [3.8, 4) is 17.1 Å². The van der Waals surface area contributed by atoms with Crippen LogP contribution in [-0.4, -0.2) is 18.9 Å². The summed E-state index contributed by atoms with van der Waals surface area (Å²) in [6, 6.07) is 56.1. The maximum atomic E-state index is 6.42. The van der Waals surface area contributed by atoms with Gasteiger partial charge >= 0.3 is 0 Å². The number of nitrogens with zero attached hydrogens (tertiary/aromatic N) is 4. The first kappa shape index (κ1) is 27.5. The van der Waals surface area contributed by atoms with Gasteiger partial charge in [-0.3, -0.25) is 4.57 Å². The average molecular weight is 675 g/mol. The number of aromatic nitrogens is 4. The Morgan fingerprint density at radius 3 is 2.02 bits per heavy atom. The third-order valence-corrected chi connectivity index (χ3v) is 11.4. The Kier molecular flexibility index (Phi) is 5.06. The minimum absolute atomic E-state index is 0.817. The summed E-state index contributed by atoms with van der Waals surface area (Å²) in [6.45, 7) is 0. The Balaban J connectivity index is 1.26. The number of fused-ring (bicyclic) bond motifs is 12. The molecule has 5 aromatic heterocycles. The first-order valence-electron chi connectivity index (χ1n) is 18.0. The van der Waals surface area contributed by atoms with E-state index in [1.807, 2.05) is 6.07 Å². The molecule has 0 saturated carbocycles. The van der Waals surface area contributed by atoms with E-state index in [4.69, 9.17) is 14.4 Å². The minimum Gasteiger partial charge on any atom is -0.456 e. The SMILES string of the molecule is c1ccc(-c2nc3ccc4ccccc4c3nc2-n2c3cccc4c5cccc6c7c8c(ccc7n(c7cccc2c7c43)c56)oc2ccccc28)cc1. The van der Waals surface area contributed by atoms with Crippen LogP contribution in [0.15, 0.2) is 162 Å². The molecule has 5 heteroatoms. The van der Waals surface area contributed by atoms with Crippen molar-refractivity contribution in [1.82, 2.24) is 18.9 Å². The van der Waals surface area contributed by atoms with Crippen LogP contribution in [0.3, 0.4) is 0 Å². The van der Waals surface area contributed by atoms with E-state index in [1.165, 1.54) is 37.8 Å². The third kappa shape index (κ3) is 3.42. The van der Waals surface area contributed by atoms with Gasteiger partial charge in [0.15, 0.2) is 5.82 Å². The van der Waals surface area contributed by atoms with E-state index in [0.717, 1.165) is 82.9 Å². The Morgan fingerprint density at radius 1 is 0.415 bits per heavy atom. The van der Waals surface area contributed by atoms with Gasteiger partial charge in [-0.25, -0.2) is 9.97 Å². The van der Waals surface area contributed by atoms with Crippen molar-refractivity contribution in [1.29, 1.82) is 0 Å². The van der Waals surface area contributed by atoms with Crippen molar-refractivity contribution in [2.75, 3.05) is 0 Å². The van der Waals surface area contributed by atoms with Gasteiger partial charge in [-0.2, -0.15) is 0 Å². The van der Waals surface area contributed by atoms with Crippen LogP contribution in [0.25, 0.3) is 121 Å². The lowest BCUT2D eigenvalue weighted by Crippen LogP contribution is -2.04. The first-order valence-corrected chi connectivity index (χ1v) is 18.0. The molecule has 0 atom stereocenters. The van der Waals surface area contributed by atoms with E-state index in [-0.39, 0.29) is 0 Å². The average Bonchev–Trinajstić information content (AvgIpc) is 3.85. The molecule has 0 bridgehead atoms. The van der Waals surface area contributed by atoms with Gasteiger partial charge in [0.05, 0.1) is 38.6 Å². The molecule has 5 heterocycles. The summed E-state index contributed by atoms with van der Waals surface area (Å²) in [7, 11) is 0. The zero-order chi connectivity index (χ0) is 34.4. The highest BCUT2D eigenvalue weighted by atomic mass is 16.3. The van der Waals surface area contributed by atoms with Crippen molar-refractivity contribution in [2.24, 2.45) is 0 Å². The molecule has 0 aliphatic carbocycles. The van der Waals surface area contributed by atoms with E-state index in [9.17, 15) is 0 Å². The molecule has 0 N–H and O–H groups in total. The molecule has 0 unspecified atom stereocenters. The molecule has 0 fully saturated rings. The Bertz CT molecular complexity index is 3680.